The smallest absolute Gasteiger partial charge is 0.221 e. The maximum Gasteiger partial charge on any atom is 0.221 e. The molecule has 3 heterocycles. The van der Waals surface area contributed by atoms with Crippen molar-refractivity contribution in [2.75, 3.05) is 37.7 Å². The number of morpholine rings is 1. The average Bonchev–Trinajstić information content (AvgIpc) is 3.07. The number of nitrogens with zero attached hydrogens (tertiary/aromatic N) is 2. The number of amides is 1. The molecule has 1 atom stereocenters. The van der Waals surface area contributed by atoms with Gasteiger partial charge in [-0.1, -0.05) is 6.07 Å². The molecule has 2 N–H and O–H groups in total. The minimum Gasteiger partial charge on any atom is -0.378 e. The zero-order valence-electron chi connectivity index (χ0n) is 13.7. The normalized spacial score (nSPS) is 20.0. The van der Waals surface area contributed by atoms with Crippen LogP contribution in [0.25, 0.3) is 0 Å². The molecule has 1 aromatic rings. The first-order chi connectivity index (χ1) is 10.8. The number of halogens is 2. The maximum absolute atomic E-state index is 12.1. The standard InChI is InChI=1S/C16H24N4O2.2ClH/c21-15(11-14-4-2-5-17-14)19-12-13-3-1-6-18-16(13)20-7-9-22-10-8-20;;/h1,3,6,14,17H,2,4-5,7-12H2,(H,19,21);2*1H. The number of carbonyl (C=O) groups excluding carboxylic acids is 1. The van der Waals surface area contributed by atoms with Gasteiger partial charge < -0.3 is 20.3 Å². The Bertz CT molecular complexity index is 507. The molecule has 2 saturated heterocycles. The molecular formula is C16H26Cl2N4O2. The third-order valence-corrected chi connectivity index (χ3v) is 4.25. The first kappa shape index (κ1) is 21.0. The third-order valence-electron chi connectivity index (χ3n) is 4.25. The van der Waals surface area contributed by atoms with Crippen LogP contribution in [0.2, 0.25) is 0 Å². The first-order valence-electron chi connectivity index (χ1n) is 8.09. The van der Waals surface area contributed by atoms with Crippen LogP contribution in [-0.2, 0) is 16.1 Å². The van der Waals surface area contributed by atoms with Crippen molar-refractivity contribution in [2.45, 2.75) is 31.8 Å². The van der Waals surface area contributed by atoms with Gasteiger partial charge in [-0.2, -0.15) is 0 Å². The Kier molecular flexibility index (Phi) is 9.36. The van der Waals surface area contributed by atoms with Crippen molar-refractivity contribution in [2.24, 2.45) is 0 Å². The Morgan fingerprint density at radius 3 is 2.88 bits per heavy atom. The molecule has 0 radical (unpaired) electrons. The van der Waals surface area contributed by atoms with E-state index >= 15 is 0 Å². The van der Waals surface area contributed by atoms with Crippen LogP contribution in [0.15, 0.2) is 18.3 Å². The molecule has 136 valence electrons. The molecule has 2 aliphatic heterocycles. The molecule has 2 aliphatic rings. The fraction of sp³-hybridized carbons (Fsp3) is 0.625. The van der Waals surface area contributed by atoms with Crippen molar-refractivity contribution in [1.29, 1.82) is 0 Å². The molecule has 24 heavy (non-hydrogen) atoms. The summed E-state index contributed by atoms with van der Waals surface area (Å²) in [4.78, 5) is 18.8. The SMILES string of the molecule is Cl.Cl.O=C(CC1CCCN1)NCc1cccnc1N1CCOCC1. The lowest BCUT2D eigenvalue weighted by Crippen LogP contribution is -2.38. The van der Waals surface area contributed by atoms with E-state index in [1.54, 1.807) is 6.20 Å². The monoisotopic (exact) mass is 376 g/mol. The molecule has 3 rings (SSSR count). The minimum atomic E-state index is 0. The number of nitrogens with one attached hydrogen (secondary N) is 2. The van der Waals surface area contributed by atoms with Crippen LogP contribution in [-0.4, -0.2) is 49.8 Å². The van der Waals surface area contributed by atoms with E-state index in [1.165, 1.54) is 6.42 Å². The summed E-state index contributed by atoms with van der Waals surface area (Å²) in [6.07, 6.45) is 4.63. The van der Waals surface area contributed by atoms with Gasteiger partial charge in [0.25, 0.3) is 0 Å². The van der Waals surface area contributed by atoms with E-state index in [0.29, 0.717) is 19.0 Å². The Hall–Kier alpha value is -1.08. The summed E-state index contributed by atoms with van der Waals surface area (Å²) < 4.78 is 5.39. The summed E-state index contributed by atoms with van der Waals surface area (Å²) in [6.45, 7) is 4.73. The maximum atomic E-state index is 12.1. The van der Waals surface area contributed by atoms with E-state index < -0.39 is 0 Å². The van der Waals surface area contributed by atoms with E-state index in [0.717, 1.165) is 50.7 Å². The van der Waals surface area contributed by atoms with Gasteiger partial charge in [0, 0.05) is 43.9 Å². The number of carbonyl (C=O) groups is 1. The van der Waals surface area contributed by atoms with Gasteiger partial charge >= 0.3 is 0 Å². The van der Waals surface area contributed by atoms with Gasteiger partial charge in [-0.15, -0.1) is 24.8 Å². The highest BCUT2D eigenvalue weighted by Gasteiger charge is 2.19. The van der Waals surface area contributed by atoms with E-state index in [4.69, 9.17) is 4.74 Å². The van der Waals surface area contributed by atoms with Gasteiger partial charge in [0.2, 0.25) is 5.91 Å². The van der Waals surface area contributed by atoms with Gasteiger partial charge in [0.05, 0.1) is 13.2 Å². The quantitative estimate of drug-likeness (QED) is 0.815. The number of ether oxygens (including phenoxy) is 1. The van der Waals surface area contributed by atoms with Gasteiger partial charge in [-0.05, 0) is 25.5 Å². The zero-order valence-corrected chi connectivity index (χ0v) is 15.3. The lowest BCUT2D eigenvalue weighted by atomic mass is 10.1. The molecule has 0 saturated carbocycles. The predicted octanol–water partition coefficient (Wildman–Crippen LogP) is 1.52. The molecule has 1 amide bonds. The zero-order chi connectivity index (χ0) is 15.2. The van der Waals surface area contributed by atoms with Crippen molar-refractivity contribution in [3.05, 3.63) is 23.9 Å². The highest BCUT2D eigenvalue weighted by Crippen LogP contribution is 2.18. The highest BCUT2D eigenvalue weighted by molar-refractivity contribution is 5.85. The van der Waals surface area contributed by atoms with Crippen LogP contribution in [0.1, 0.15) is 24.8 Å². The summed E-state index contributed by atoms with van der Waals surface area (Å²) in [5.41, 5.74) is 1.07. The number of hydrogen-bond acceptors (Lipinski definition) is 5. The van der Waals surface area contributed by atoms with Crippen LogP contribution < -0.4 is 15.5 Å². The van der Waals surface area contributed by atoms with Gasteiger partial charge in [-0.3, -0.25) is 4.79 Å². The number of pyridine rings is 1. The average molecular weight is 377 g/mol. The van der Waals surface area contributed by atoms with Crippen molar-refractivity contribution in [3.63, 3.8) is 0 Å². The summed E-state index contributed by atoms with van der Waals surface area (Å²) in [7, 11) is 0. The van der Waals surface area contributed by atoms with E-state index in [2.05, 4.69) is 20.5 Å². The Morgan fingerprint density at radius 1 is 1.38 bits per heavy atom. The van der Waals surface area contributed by atoms with Crippen LogP contribution in [0.3, 0.4) is 0 Å². The molecule has 0 aliphatic carbocycles. The summed E-state index contributed by atoms with van der Waals surface area (Å²) in [5.74, 6) is 1.07. The predicted molar refractivity (Wildman–Crippen MR) is 99.3 cm³/mol. The number of hydrogen-bond donors (Lipinski definition) is 2. The Balaban J connectivity index is 0.00000144. The van der Waals surface area contributed by atoms with Crippen LogP contribution in [0.4, 0.5) is 5.82 Å². The molecular weight excluding hydrogens is 351 g/mol. The van der Waals surface area contributed by atoms with E-state index in [-0.39, 0.29) is 30.7 Å². The Labute approximate surface area is 155 Å². The van der Waals surface area contributed by atoms with Crippen LogP contribution >= 0.6 is 24.8 Å². The Morgan fingerprint density at radius 2 is 2.17 bits per heavy atom. The lowest BCUT2D eigenvalue weighted by Gasteiger charge is -2.29. The highest BCUT2D eigenvalue weighted by atomic mass is 35.5. The van der Waals surface area contributed by atoms with Gasteiger partial charge in [0.15, 0.2) is 0 Å². The summed E-state index contributed by atoms with van der Waals surface area (Å²) in [6, 6.07) is 4.29. The molecule has 6 nitrogen and oxygen atoms in total. The van der Waals surface area contributed by atoms with Crippen molar-refractivity contribution >= 4 is 36.5 Å². The third kappa shape index (κ3) is 5.77. The van der Waals surface area contributed by atoms with Crippen LogP contribution in [0.5, 0.6) is 0 Å². The largest absolute Gasteiger partial charge is 0.378 e. The number of aromatic nitrogens is 1. The lowest BCUT2D eigenvalue weighted by molar-refractivity contribution is -0.121. The minimum absolute atomic E-state index is 0. The molecule has 0 spiro atoms. The number of rotatable bonds is 5. The summed E-state index contributed by atoms with van der Waals surface area (Å²) >= 11 is 0. The molecule has 0 aromatic carbocycles. The number of anilines is 1. The molecule has 2 fully saturated rings. The topological polar surface area (TPSA) is 66.5 Å². The van der Waals surface area contributed by atoms with E-state index in [1.807, 2.05) is 12.1 Å². The van der Waals surface area contributed by atoms with Gasteiger partial charge in [-0.25, -0.2) is 4.98 Å². The van der Waals surface area contributed by atoms with Crippen LogP contribution in [0, 0.1) is 0 Å². The van der Waals surface area contributed by atoms with Crippen molar-refractivity contribution in [3.8, 4) is 0 Å². The van der Waals surface area contributed by atoms with Crippen molar-refractivity contribution in [1.82, 2.24) is 15.6 Å². The molecule has 1 unspecified atom stereocenters. The molecule has 0 bridgehead atoms. The molecule has 1 aromatic heterocycles. The van der Waals surface area contributed by atoms with E-state index in [9.17, 15) is 4.79 Å². The fourth-order valence-corrected chi connectivity index (χ4v) is 3.05. The van der Waals surface area contributed by atoms with Crippen molar-refractivity contribution < 1.29 is 9.53 Å². The summed E-state index contributed by atoms with van der Waals surface area (Å²) in [5, 5.41) is 6.38. The second-order valence-corrected chi connectivity index (χ2v) is 5.86. The van der Waals surface area contributed by atoms with Gasteiger partial charge in [0.1, 0.15) is 5.82 Å². The second-order valence-electron chi connectivity index (χ2n) is 5.86. The fourth-order valence-electron chi connectivity index (χ4n) is 3.05. The second kappa shape index (κ2) is 10.7. The first-order valence-corrected chi connectivity index (χ1v) is 8.09. The molecule has 8 heteroatoms.